The van der Waals surface area contributed by atoms with Crippen LogP contribution in [0.2, 0.25) is 0 Å². The zero-order valence-electron chi connectivity index (χ0n) is 12.7. The van der Waals surface area contributed by atoms with E-state index in [4.69, 9.17) is 0 Å². The van der Waals surface area contributed by atoms with E-state index < -0.39 is 0 Å². The summed E-state index contributed by atoms with van der Waals surface area (Å²) in [5.74, 6) is 0.0822. The smallest absolute Gasteiger partial charge is 0.224 e. The van der Waals surface area contributed by atoms with Gasteiger partial charge in [-0.25, -0.2) is 0 Å². The van der Waals surface area contributed by atoms with Gasteiger partial charge in [-0.15, -0.1) is 0 Å². The molecule has 4 heteroatoms. The van der Waals surface area contributed by atoms with Crippen LogP contribution in [0.5, 0.6) is 0 Å². The number of nitrogens with one attached hydrogen (secondary N) is 1. The summed E-state index contributed by atoms with van der Waals surface area (Å²) in [7, 11) is 0. The Balaban J connectivity index is 2.02. The van der Waals surface area contributed by atoms with Crippen LogP contribution in [0, 0.1) is 0 Å². The Morgan fingerprint density at radius 2 is 1.91 bits per heavy atom. The molecule has 1 N–H and O–H groups in total. The Bertz CT molecular complexity index is 687. The first-order valence-corrected chi connectivity index (χ1v) is 8.27. The zero-order valence-corrected chi connectivity index (χ0v) is 14.3. The van der Waals surface area contributed by atoms with Gasteiger partial charge >= 0.3 is 0 Å². The van der Waals surface area contributed by atoms with E-state index in [0.29, 0.717) is 0 Å². The third-order valence-electron chi connectivity index (χ3n) is 4.11. The monoisotopic (exact) mass is 358 g/mol. The molecule has 2 aromatic carbocycles. The van der Waals surface area contributed by atoms with E-state index in [1.807, 2.05) is 35.2 Å². The molecule has 1 heterocycles. The number of carbonyl (C=O) groups excluding carboxylic acids is 1. The molecule has 0 fully saturated rings. The van der Waals surface area contributed by atoms with Gasteiger partial charge in [-0.2, -0.15) is 0 Å². The Hall–Kier alpha value is -1.81. The SMILES string of the molecule is CC(=O)N1c2c(Br)cccc2C(Nc2ccccc2)CC1C. The summed E-state index contributed by atoms with van der Waals surface area (Å²) >= 11 is 3.61. The number of hydrogen-bond acceptors (Lipinski definition) is 2. The quantitative estimate of drug-likeness (QED) is 0.840. The van der Waals surface area contributed by atoms with Crippen molar-refractivity contribution in [2.24, 2.45) is 0 Å². The number of halogens is 1. The van der Waals surface area contributed by atoms with Gasteiger partial charge in [0.1, 0.15) is 0 Å². The van der Waals surface area contributed by atoms with E-state index in [0.717, 1.165) is 27.8 Å². The molecule has 1 aliphatic rings. The average Bonchev–Trinajstić information content (AvgIpc) is 2.49. The lowest BCUT2D eigenvalue weighted by Crippen LogP contribution is -2.43. The van der Waals surface area contributed by atoms with Gasteiger partial charge in [-0.3, -0.25) is 4.79 Å². The van der Waals surface area contributed by atoms with Crippen LogP contribution < -0.4 is 10.2 Å². The highest BCUT2D eigenvalue weighted by Gasteiger charge is 2.33. The van der Waals surface area contributed by atoms with Crippen molar-refractivity contribution < 1.29 is 4.79 Å². The first-order chi connectivity index (χ1) is 10.6. The van der Waals surface area contributed by atoms with Gasteiger partial charge < -0.3 is 10.2 Å². The summed E-state index contributed by atoms with van der Waals surface area (Å²) in [5.41, 5.74) is 3.25. The number of rotatable bonds is 2. The van der Waals surface area contributed by atoms with Gasteiger partial charge in [-0.05, 0) is 53.0 Å². The molecule has 1 amide bonds. The molecule has 0 bridgehead atoms. The maximum Gasteiger partial charge on any atom is 0.224 e. The molecule has 1 aliphatic heterocycles. The molecule has 3 nitrogen and oxygen atoms in total. The third-order valence-corrected chi connectivity index (χ3v) is 4.75. The topological polar surface area (TPSA) is 32.3 Å². The minimum absolute atomic E-state index is 0.0822. The number of nitrogens with zero attached hydrogens (tertiary/aromatic N) is 1. The predicted molar refractivity (Wildman–Crippen MR) is 94.2 cm³/mol. The summed E-state index contributed by atoms with van der Waals surface area (Å²) in [6.07, 6.45) is 0.887. The standard InChI is InChI=1S/C18H19BrN2O/c1-12-11-17(20-14-7-4-3-5-8-14)15-9-6-10-16(19)18(15)21(12)13(2)22/h3-10,12,17,20H,11H2,1-2H3. The first kappa shape index (κ1) is 15.1. The van der Waals surface area contributed by atoms with Crippen LogP contribution in [0.1, 0.15) is 31.9 Å². The van der Waals surface area contributed by atoms with Gasteiger partial charge in [-0.1, -0.05) is 30.3 Å². The van der Waals surface area contributed by atoms with Crippen molar-refractivity contribution in [2.45, 2.75) is 32.4 Å². The number of benzene rings is 2. The Morgan fingerprint density at radius 1 is 1.18 bits per heavy atom. The number of amides is 1. The van der Waals surface area contributed by atoms with E-state index in [9.17, 15) is 4.79 Å². The summed E-state index contributed by atoms with van der Waals surface area (Å²) in [5, 5.41) is 3.60. The number of para-hydroxylation sites is 2. The Morgan fingerprint density at radius 3 is 2.59 bits per heavy atom. The second-order valence-electron chi connectivity index (χ2n) is 5.71. The number of anilines is 2. The highest BCUT2D eigenvalue weighted by Crippen LogP contribution is 2.42. The molecule has 114 valence electrons. The molecular formula is C18H19BrN2O. The summed E-state index contributed by atoms with van der Waals surface area (Å²) in [6.45, 7) is 3.73. The molecule has 0 saturated carbocycles. The third kappa shape index (κ3) is 2.75. The van der Waals surface area contributed by atoms with Crippen LogP contribution in [-0.4, -0.2) is 11.9 Å². The second kappa shape index (κ2) is 6.13. The first-order valence-electron chi connectivity index (χ1n) is 7.47. The molecule has 2 atom stereocenters. The van der Waals surface area contributed by atoms with E-state index in [1.165, 1.54) is 0 Å². The fourth-order valence-corrected chi connectivity index (χ4v) is 3.77. The zero-order chi connectivity index (χ0) is 15.7. The van der Waals surface area contributed by atoms with E-state index in [2.05, 4.69) is 46.4 Å². The number of fused-ring (bicyclic) bond motifs is 1. The highest BCUT2D eigenvalue weighted by atomic mass is 79.9. The lowest BCUT2D eigenvalue weighted by Gasteiger charge is -2.40. The Kier molecular flexibility index (Phi) is 4.21. The van der Waals surface area contributed by atoms with Gasteiger partial charge in [0.15, 0.2) is 0 Å². The van der Waals surface area contributed by atoms with Gasteiger partial charge in [0.2, 0.25) is 5.91 Å². The van der Waals surface area contributed by atoms with Crippen molar-refractivity contribution in [2.75, 3.05) is 10.2 Å². The van der Waals surface area contributed by atoms with Crippen molar-refractivity contribution in [1.82, 2.24) is 0 Å². The van der Waals surface area contributed by atoms with Crippen LogP contribution >= 0.6 is 15.9 Å². The molecule has 0 aliphatic carbocycles. The van der Waals surface area contributed by atoms with Gasteiger partial charge in [0.25, 0.3) is 0 Å². The fraction of sp³-hybridized carbons (Fsp3) is 0.278. The molecule has 0 aromatic heterocycles. The van der Waals surface area contributed by atoms with E-state index in [1.54, 1.807) is 6.92 Å². The summed E-state index contributed by atoms with van der Waals surface area (Å²) in [4.78, 5) is 14.0. The van der Waals surface area contributed by atoms with Gasteiger partial charge in [0, 0.05) is 23.1 Å². The molecular weight excluding hydrogens is 340 g/mol. The molecule has 0 radical (unpaired) electrons. The second-order valence-corrected chi connectivity index (χ2v) is 6.57. The van der Waals surface area contributed by atoms with Crippen LogP contribution in [0.25, 0.3) is 0 Å². The maximum atomic E-state index is 12.1. The molecule has 3 rings (SSSR count). The van der Waals surface area contributed by atoms with Crippen LogP contribution in [0.3, 0.4) is 0 Å². The van der Waals surface area contributed by atoms with Crippen molar-refractivity contribution in [3.8, 4) is 0 Å². The number of hydrogen-bond donors (Lipinski definition) is 1. The summed E-state index contributed by atoms with van der Waals surface area (Å²) in [6, 6.07) is 16.7. The maximum absolute atomic E-state index is 12.1. The Labute approximate surface area is 139 Å². The van der Waals surface area contributed by atoms with Gasteiger partial charge in [0.05, 0.1) is 11.7 Å². The highest BCUT2D eigenvalue weighted by molar-refractivity contribution is 9.10. The minimum atomic E-state index is 0.0822. The molecule has 0 saturated heterocycles. The van der Waals surface area contributed by atoms with Crippen molar-refractivity contribution in [1.29, 1.82) is 0 Å². The lowest BCUT2D eigenvalue weighted by atomic mass is 9.91. The van der Waals surface area contributed by atoms with Crippen LogP contribution in [-0.2, 0) is 4.79 Å². The summed E-state index contributed by atoms with van der Waals surface area (Å²) < 4.78 is 0.964. The average molecular weight is 359 g/mol. The van der Waals surface area contributed by atoms with Crippen LogP contribution in [0.4, 0.5) is 11.4 Å². The fourth-order valence-electron chi connectivity index (χ4n) is 3.20. The minimum Gasteiger partial charge on any atom is -0.378 e. The molecule has 0 spiro atoms. The molecule has 22 heavy (non-hydrogen) atoms. The van der Waals surface area contributed by atoms with Crippen molar-refractivity contribution in [3.63, 3.8) is 0 Å². The molecule has 2 unspecified atom stereocenters. The predicted octanol–water partition coefficient (Wildman–Crippen LogP) is 4.75. The van der Waals surface area contributed by atoms with E-state index in [-0.39, 0.29) is 18.0 Å². The largest absolute Gasteiger partial charge is 0.378 e. The normalized spacial score (nSPS) is 20.4. The van der Waals surface area contributed by atoms with Crippen LogP contribution in [0.15, 0.2) is 53.0 Å². The lowest BCUT2D eigenvalue weighted by molar-refractivity contribution is -0.117. The number of carbonyl (C=O) groups is 1. The van der Waals surface area contributed by atoms with Crippen molar-refractivity contribution in [3.05, 3.63) is 58.6 Å². The molecule has 2 aromatic rings. The van der Waals surface area contributed by atoms with Crippen molar-refractivity contribution >= 4 is 33.2 Å². The van der Waals surface area contributed by atoms with E-state index >= 15 is 0 Å².